The molecule has 0 saturated heterocycles. The van der Waals surface area contributed by atoms with E-state index in [0.29, 0.717) is 4.48 Å². The third kappa shape index (κ3) is 8.15. The number of ketones is 1. The van der Waals surface area contributed by atoms with E-state index in [0.717, 1.165) is 0 Å². The van der Waals surface area contributed by atoms with Crippen molar-refractivity contribution in [2.45, 2.75) is 52.7 Å². The lowest BCUT2D eigenvalue weighted by Crippen LogP contribution is -2.41. The quantitative estimate of drug-likeness (QED) is 0.585. The Balaban J connectivity index is 4.82. The lowest BCUT2D eigenvalue weighted by molar-refractivity contribution is -0.114. The number of nitrogens with one attached hydrogen (secondary N) is 1. The second-order valence-corrected chi connectivity index (χ2v) is 6.70. The summed E-state index contributed by atoms with van der Waals surface area (Å²) in [5, 5.41) is 2.76. The fourth-order valence-corrected chi connectivity index (χ4v) is 1.77. The van der Waals surface area contributed by atoms with Gasteiger partial charge in [-0.05, 0) is 48.7 Å². The van der Waals surface area contributed by atoms with Crippen molar-refractivity contribution in [2.75, 3.05) is 0 Å². The molecular weight excluding hydrogens is 322 g/mol. The highest BCUT2D eigenvalue weighted by Gasteiger charge is 2.21. The molecule has 0 bridgehead atoms. The van der Waals surface area contributed by atoms with Crippen molar-refractivity contribution in [3.05, 3.63) is 23.2 Å². The molecule has 0 aromatic rings. The third-order valence-corrected chi connectivity index (χ3v) is 3.03. The fourth-order valence-electron chi connectivity index (χ4n) is 1.32. The molecule has 0 aliphatic rings. The van der Waals surface area contributed by atoms with Crippen LogP contribution in [0.25, 0.3) is 0 Å². The molecule has 1 atom stereocenters. The van der Waals surface area contributed by atoms with Gasteiger partial charge in [-0.1, -0.05) is 19.9 Å². The van der Waals surface area contributed by atoms with E-state index in [4.69, 9.17) is 4.74 Å². The van der Waals surface area contributed by atoms with E-state index in [1.807, 2.05) is 13.8 Å². The van der Waals surface area contributed by atoms with Gasteiger partial charge in [0.05, 0.1) is 10.5 Å². The van der Waals surface area contributed by atoms with Crippen LogP contribution in [0, 0.1) is 5.92 Å². The van der Waals surface area contributed by atoms with Gasteiger partial charge < -0.3 is 10.1 Å². The van der Waals surface area contributed by atoms with Gasteiger partial charge in [-0.2, -0.15) is 0 Å². The summed E-state index contributed by atoms with van der Waals surface area (Å²) < 4.78 is 5.65. The number of halogens is 1. The first-order valence-electron chi connectivity index (χ1n) is 6.57. The van der Waals surface area contributed by atoms with Crippen molar-refractivity contribution in [3.8, 4) is 0 Å². The standard InChI is InChI=1S/C15H24BrNO3/c1-7-8-13(18)11(16)9-12(10(2)3)17-14(19)20-15(4,5)6/h7,9-10,12H,1,8H2,2-6H3,(H,17,19)/b11-9-. The Kier molecular flexibility index (Phi) is 7.79. The largest absolute Gasteiger partial charge is 0.444 e. The van der Waals surface area contributed by atoms with Gasteiger partial charge in [0.1, 0.15) is 5.60 Å². The molecule has 1 amide bonds. The van der Waals surface area contributed by atoms with Crippen LogP contribution in [0.4, 0.5) is 4.79 Å². The van der Waals surface area contributed by atoms with E-state index in [2.05, 4.69) is 27.8 Å². The molecule has 114 valence electrons. The number of Topliss-reactive ketones (excluding diaryl/α,β-unsaturated/α-hetero) is 1. The zero-order valence-corrected chi connectivity index (χ0v) is 14.4. The maximum atomic E-state index is 11.8. The van der Waals surface area contributed by atoms with Crippen LogP contribution in [0.1, 0.15) is 41.0 Å². The highest BCUT2D eigenvalue weighted by molar-refractivity contribution is 9.12. The van der Waals surface area contributed by atoms with Gasteiger partial charge in [0, 0.05) is 6.42 Å². The van der Waals surface area contributed by atoms with E-state index < -0.39 is 11.7 Å². The average molecular weight is 346 g/mol. The van der Waals surface area contributed by atoms with E-state index in [-0.39, 0.29) is 24.2 Å². The first-order valence-corrected chi connectivity index (χ1v) is 7.37. The topological polar surface area (TPSA) is 55.4 Å². The lowest BCUT2D eigenvalue weighted by Gasteiger charge is -2.24. The fraction of sp³-hybridized carbons (Fsp3) is 0.600. The number of carbonyl (C=O) groups is 2. The van der Waals surface area contributed by atoms with Crippen LogP contribution in [-0.4, -0.2) is 23.5 Å². The molecule has 5 heteroatoms. The number of hydrogen-bond donors (Lipinski definition) is 1. The second-order valence-electron chi connectivity index (χ2n) is 5.85. The summed E-state index contributed by atoms with van der Waals surface area (Å²) in [6.45, 7) is 12.8. The summed E-state index contributed by atoms with van der Waals surface area (Å²) in [6, 6.07) is -0.284. The SMILES string of the molecule is C=CCC(=O)/C(Br)=C/C(NC(=O)OC(C)(C)C)C(C)C. The van der Waals surface area contributed by atoms with Crippen LogP contribution in [0.3, 0.4) is 0 Å². The summed E-state index contributed by atoms with van der Waals surface area (Å²) in [4.78, 5) is 23.5. The Morgan fingerprint density at radius 3 is 2.30 bits per heavy atom. The van der Waals surface area contributed by atoms with Gasteiger partial charge in [-0.25, -0.2) is 4.79 Å². The normalized spacial score (nSPS) is 13.8. The zero-order valence-electron chi connectivity index (χ0n) is 12.8. The number of ether oxygens (including phenoxy) is 1. The number of amides is 1. The van der Waals surface area contributed by atoms with Gasteiger partial charge >= 0.3 is 6.09 Å². The molecule has 20 heavy (non-hydrogen) atoms. The van der Waals surface area contributed by atoms with Crippen LogP contribution in [0.15, 0.2) is 23.2 Å². The van der Waals surface area contributed by atoms with Crippen LogP contribution >= 0.6 is 15.9 Å². The minimum absolute atomic E-state index is 0.0726. The second kappa shape index (κ2) is 8.25. The van der Waals surface area contributed by atoms with E-state index in [9.17, 15) is 9.59 Å². The molecule has 1 unspecified atom stereocenters. The number of hydrogen-bond acceptors (Lipinski definition) is 3. The number of allylic oxidation sites excluding steroid dienone is 2. The summed E-state index contributed by atoms with van der Waals surface area (Å²) in [5.74, 6) is 0.0586. The van der Waals surface area contributed by atoms with E-state index >= 15 is 0 Å². The Morgan fingerprint density at radius 2 is 1.90 bits per heavy atom. The third-order valence-electron chi connectivity index (χ3n) is 2.32. The summed E-state index contributed by atoms with van der Waals surface area (Å²) in [5.41, 5.74) is -0.550. The molecule has 0 aliphatic heterocycles. The van der Waals surface area contributed by atoms with Crippen molar-refractivity contribution < 1.29 is 14.3 Å². The highest BCUT2D eigenvalue weighted by Crippen LogP contribution is 2.15. The van der Waals surface area contributed by atoms with Gasteiger partial charge in [-0.15, -0.1) is 6.58 Å². The number of carbonyl (C=O) groups excluding carboxylic acids is 2. The molecule has 0 fully saturated rings. The molecule has 0 saturated carbocycles. The van der Waals surface area contributed by atoms with E-state index in [1.54, 1.807) is 32.9 Å². The average Bonchev–Trinajstić information content (AvgIpc) is 2.25. The van der Waals surface area contributed by atoms with Crippen LogP contribution in [-0.2, 0) is 9.53 Å². The van der Waals surface area contributed by atoms with Crippen LogP contribution in [0.5, 0.6) is 0 Å². The van der Waals surface area contributed by atoms with Crippen molar-refractivity contribution in [1.29, 1.82) is 0 Å². The minimum atomic E-state index is -0.550. The molecule has 0 spiro atoms. The molecule has 0 aromatic heterocycles. The first kappa shape index (κ1) is 18.9. The Labute approximate surface area is 129 Å². The Bertz CT molecular complexity index is 394. The maximum absolute atomic E-state index is 11.8. The van der Waals surface area contributed by atoms with Gasteiger partial charge in [0.2, 0.25) is 0 Å². The molecule has 0 aliphatic carbocycles. The first-order chi connectivity index (χ1) is 9.06. The predicted octanol–water partition coefficient (Wildman–Crippen LogP) is 3.96. The van der Waals surface area contributed by atoms with Crippen molar-refractivity contribution in [2.24, 2.45) is 5.92 Å². The molecule has 0 radical (unpaired) electrons. The summed E-state index contributed by atoms with van der Waals surface area (Å²) >= 11 is 3.24. The molecule has 1 N–H and O–H groups in total. The molecular formula is C15H24BrNO3. The maximum Gasteiger partial charge on any atom is 0.408 e. The lowest BCUT2D eigenvalue weighted by atomic mass is 10.0. The highest BCUT2D eigenvalue weighted by atomic mass is 79.9. The van der Waals surface area contributed by atoms with Crippen molar-refractivity contribution in [3.63, 3.8) is 0 Å². The molecule has 4 nitrogen and oxygen atoms in total. The Morgan fingerprint density at radius 1 is 1.35 bits per heavy atom. The van der Waals surface area contributed by atoms with Crippen molar-refractivity contribution >= 4 is 27.8 Å². The van der Waals surface area contributed by atoms with Gasteiger partial charge in [0.25, 0.3) is 0 Å². The molecule has 0 aromatic carbocycles. The number of alkyl carbamates (subject to hydrolysis) is 1. The number of rotatable bonds is 6. The molecule has 0 heterocycles. The summed E-state index contributed by atoms with van der Waals surface area (Å²) in [6.07, 6.45) is 3.00. The predicted molar refractivity (Wildman–Crippen MR) is 84.8 cm³/mol. The van der Waals surface area contributed by atoms with E-state index in [1.165, 1.54) is 0 Å². The van der Waals surface area contributed by atoms with Gasteiger partial charge in [-0.3, -0.25) is 4.79 Å². The van der Waals surface area contributed by atoms with Crippen LogP contribution in [0.2, 0.25) is 0 Å². The van der Waals surface area contributed by atoms with Crippen molar-refractivity contribution in [1.82, 2.24) is 5.32 Å². The zero-order chi connectivity index (χ0) is 15.9. The molecule has 0 rings (SSSR count). The minimum Gasteiger partial charge on any atom is -0.444 e. The summed E-state index contributed by atoms with van der Waals surface area (Å²) in [7, 11) is 0. The Hall–Kier alpha value is -1.10. The smallest absolute Gasteiger partial charge is 0.408 e. The van der Waals surface area contributed by atoms with Crippen LogP contribution < -0.4 is 5.32 Å². The monoisotopic (exact) mass is 345 g/mol. The van der Waals surface area contributed by atoms with Gasteiger partial charge in [0.15, 0.2) is 5.78 Å².